The monoisotopic (exact) mass is 653 g/mol. The van der Waals surface area contributed by atoms with Crippen LogP contribution in [0.15, 0.2) is 48.3 Å². The molecule has 1 aliphatic heterocycles. The number of esters is 2. The van der Waals surface area contributed by atoms with Crippen LogP contribution in [0.25, 0.3) is 0 Å². The fourth-order valence-corrected chi connectivity index (χ4v) is 5.80. The summed E-state index contributed by atoms with van der Waals surface area (Å²) in [6.45, 7) is 22.1. The van der Waals surface area contributed by atoms with E-state index in [4.69, 9.17) is 18.9 Å². The molecule has 1 amide bonds. The fraction of sp³-hybridized carbons (Fsp3) is 0.553. The highest BCUT2D eigenvalue weighted by Gasteiger charge is 2.34. The molecule has 0 fully saturated rings. The molecule has 0 bridgehead atoms. The van der Waals surface area contributed by atoms with Crippen molar-refractivity contribution >= 4 is 17.8 Å². The Morgan fingerprint density at radius 3 is 2.40 bits per heavy atom. The van der Waals surface area contributed by atoms with Gasteiger partial charge in [-0.2, -0.15) is 0 Å². The lowest BCUT2D eigenvalue weighted by atomic mass is 9.94. The van der Waals surface area contributed by atoms with Crippen molar-refractivity contribution in [2.75, 3.05) is 54.0 Å². The first-order valence-electron chi connectivity index (χ1n) is 16.7. The van der Waals surface area contributed by atoms with Crippen LogP contribution in [-0.4, -0.2) is 81.2 Å². The van der Waals surface area contributed by atoms with Gasteiger partial charge in [0, 0.05) is 30.5 Å². The predicted molar refractivity (Wildman–Crippen MR) is 186 cm³/mol. The SMILES string of the molecule is C=CC=C(C)C[N+](C)(C)C(=O)CCC(=C)Oc1c(CC=C(C)CCC(=O)OCCCN(CC)CCC)c(OC)c(C)c2c1C(=O)OC2. The molecule has 47 heavy (non-hydrogen) atoms. The third-order valence-corrected chi connectivity index (χ3v) is 8.46. The summed E-state index contributed by atoms with van der Waals surface area (Å²) in [6, 6.07) is 0. The number of quaternary nitrogens is 1. The van der Waals surface area contributed by atoms with E-state index in [1.807, 2.05) is 47.0 Å². The van der Waals surface area contributed by atoms with Gasteiger partial charge in [-0.15, -0.1) is 0 Å². The average molecular weight is 654 g/mol. The van der Waals surface area contributed by atoms with E-state index in [1.54, 1.807) is 13.2 Å². The van der Waals surface area contributed by atoms with Crippen LogP contribution in [0, 0.1) is 6.92 Å². The van der Waals surface area contributed by atoms with E-state index >= 15 is 0 Å². The van der Waals surface area contributed by atoms with Crippen molar-refractivity contribution in [2.24, 2.45) is 0 Å². The number of hydrogen-bond acceptors (Lipinski definition) is 8. The zero-order valence-corrected chi connectivity index (χ0v) is 30.1. The largest absolute Gasteiger partial charge is 0.496 e. The molecule has 0 N–H and O–H groups in total. The van der Waals surface area contributed by atoms with Crippen LogP contribution in [0.2, 0.25) is 0 Å². The minimum absolute atomic E-state index is 0.0365. The Bertz CT molecular complexity index is 1360. The number of carbonyl (C=O) groups is 3. The molecule has 0 saturated carbocycles. The summed E-state index contributed by atoms with van der Waals surface area (Å²) in [7, 11) is 5.34. The zero-order chi connectivity index (χ0) is 35.1. The van der Waals surface area contributed by atoms with Crippen molar-refractivity contribution in [1.29, 1.82) is 0 Å². The number of ether oxygens (including phenoxy) is 4. The number of allylic oxidation sites excluding steroid dienone is 5. The fourth-order valence-electron chi connectivity index (χ4n) is 5.80. The van der Waals surface area contributed by atoms with Crippen LogP contribution in [0.3, 0.4) is 0 Å². The molecule has 0 spiro atoms. The van der Waals surface area contributed by atoms with E-state index in [-0.39, 0.29) is 42.2 Å². The summed E-state index contributed by atoms with van der Waals surface area (Å²) >= 11 is 0. The maximum absolute atomic E-state index is 13.1. The first kappa shape index (κ1) is 39.5. The van der Waals surface area contributed by atoms with E-state index in [9.17, 15) is 14.4 Å². The quantitative estimate of drug-likeness (QED) is 0.0349. The summed E-state index contributed by atoms with van der Waals surface area (Å²) in [5.41, 5.74) is 4.64. The lowest BCUT2D eigenvalue weighted by Crippen LogP contribution is -2.46. The van der Waals surface area contributed by atoms with Crippen LogP contribution in [0.1, 0.15) is 93.3 Å². The van der Waals surface area contributed by atoms with Crippen LogP contribution in [-0.2, 0) is 32.1 Å². The molecule has 2 rings (SSSR count). The van der Waals surface area contributed by atoms with Crippen LogP contribution >= 0.6 is 0 Å². The number of amides is 1. The molecular formula is C38H57N2O7+. The molecule has 0 saturated heterocycles. The first-order chi connectivity index (χ1) is 22.3. The number of hydrogen-bond donors (Lipinski definition) is 0. The highest BCUT2D eigenvalue weighted by atomic mass is 16.5. The Hall–Kier alpha value is -3.69. The molecule has 0 radical (unpaired) electrons. The average Bonchev–Trinajstić information content (AvgIpc) is 3.42. The Labute approximate surface area is 282 Å². The van der Waals surface area contributed by atoms with Crippen molar-refractivity contribution < 1.29 is 37.8 Å². The summed E-state index contributed by atoms with van der Waals surface area (Å²) in [5, 5.41) is 0. The molecule has 1 aromatic rings. The number of nitrogens with zero attached hydrogens (tertiary/aromatic N) is 2. The van der Waals surface area contributed by atoms with Crippen molar-refractivity contribution in [3.63, 3.8) is 0 Å². The van der Waals surface area contributed by atoms with Gasteiger partial charge in [0.15, 0.2) is 0 Å². The maximum Gasteiger partial charge on any atom is 0.342 e. The second-order valence-corrected chi connectivity index (χ2v) is 12.8. The van der Waals surface area contributed by atoms with Crippen molar-refractivity contribution in [3.8, 4) is 11.5 Å². The lowest BCUT2D eigenvalue weighted by molar-refractivity contribution is -0.808. The van der Waals surface area contributed by atoms with Gasteiger partial charge in [0.25, 0.3) is 0 Å². The summed E-state index contributed by atoms with van der Waals surface area (Å²) < 4.78 is 23.2. The molecule has 0 aliphatic carbocycles. The minimum atomic E-state index is -0.464. The molecule has 0 aromatic heterocycles. The first-order valence-corrected chi connectivity index (χ1v) is 16.7. The molecule has 0 unspecified atom stereocenters. The van der Waals surface area contributed by atoms with E-state index in [0.29, 0.717) is 54.4 Å². The van der Waals surface area contributed by atoms with Gasteiger partial charge >= 0.3 is 17.8 Å². The van der Waals surface area contributed by atoms with Crippen molar-refractivity contribution in [2.45, 2.75) is 86.2 Å². The molecule has 260 valence electrons. The molecule has 0 atom stereocenters. The van der Waals surface area contributed by atoms with Gasteiger partial charge < -0.3 is 23.8 Å². The Morgan fingerprint density at radius 2 is 1.77 bits per heavy atom. The van der Waals surface area contributed by atoms with Crippen LogP contribution in [0.5, 0.6) is 11.5 Å². The minimum Gasteiger partial charge on any atom is -0.496 e. The zero-order valence-electron chi connectivity index (χ0n) is 30.1. The Balaban J connectivity index is 2.15. The third kappa shape index (κ3) is 11.8. The topological polar surface area (TPSA) is 91.4 Å². The summed E-state index contributed by atoms with van der Waals surface area (Å²) in [5.74, 6) is 0.673. The number of methoxy groups -OCH3 is 1. The number of benzene rings is 1. The number of fused-ring (bicyclic) bond motifs is 1. The van der Waals surface area contributed by atoms with E-state index in [2.05, 4.69) is 31.9 Å². The number of carbonyl (C=O) groups excluding carboxylic acids is 3. The van der Waals surface area contributed by atoms with E-state index in [0.717, 1.165) is 54.7 Å². The third-order valence-electron chi connectivity index (χ3n) is 8.46. The van der Waals surface area contributed by atoms with Crippen LogP contribution < -0.4 is 9.47 Å². The van der Waals surface area contributed by atoms with Crippen molar-refractivity contribution in [3.05, 3.63) is 70.5 Å². The molecule has 1 aromatic carbocycles. The highest BCUT2D eigenvalue weighted by Crippen LogP contribution is 2.43. The molecule has 9 nitrogen and oxygen atoms in total. The molecular weight excluding hydrogens is 596 g/mol. The Kier molecular flexibility index (Phi) is 16.1. The Morgan fingerprint density at radius 1 is 1.04 bits per heavy atom. The second kappa shape index (κ2) is 19.2. The summed E-state index contributed by atoms with van der Waals surface area (Å²) in [4.78, 5) is 40.8. The smallest absolute Gasteiger partial charge is 0.342 e. The van der Waals surface area contributed by atoms with Gasteiger partial charge in [-0.3, -0.25) is 9.28 Å². The van der Waals surface area contributed by atoms with Gasteiger partial charge in [-0.25, -0.2) is 9.59 Å². The van der Waals surface area contributed by atoms with Gasteiger partial charge in [-0.1, -0.05) is 50.8 Å². The van der Waals surface area contributed by atoms with Gasteiger partial charge in [0.1, 0.15) is 30.2 Å². The lowest BCUT2D eigenvalue weighted by Gasteiger charge is -2.27. The number of rotatable bonds is 21. The van der Waals surface area contributed by atoms with E-state index in [1.165, 1.54) is 0 Å². The summed E-state index contributed by atoms with van der Waals surface area (Å²) in [6.07, 6.45) is 9.30. The molecule has 1 aliphatic rings. The van der Waals surface area contributed by atoms with E-state index < -0.39 is 5.97 Å². The normalized spacial score (nSPS) is 13.3. The van der Waals surface area contributed by atoms with Crippen molar-refractivity contribution in [1.82, 2.24) is 4.90 Å². The molecule has 9 heteroatoms. The van der Waals surface area contributed by atoms with Gasteiger partial charge in [-0.05, 0) is 70.7 Å². The van der Waals surface area contributed by atoms with Crippen LogP contribution in [0.4, 0.5) is 0 Å². The highest BCUT2D eigenvalue weighted by molar-refractivity contribution is 5.98. The number of likely N-dealkylation sites (N-methyl/N-ethyl adjacent to an activating group) is 1. The number of cyclic esters (lactones) is 1. The van der Waals surface area contributed by atoms with Gasteiger partial charge in [0.2, 0.25) is 0 Å². The maximum atomic E-state index is 13.1. The van der Waals surface area contributed by atoms with Gasteiger partial charge in [0.05, 0.1) is 40.0 Å². The molecule has 1 heterocycles. The standard InChI is InChI=1S/C38H57N2O7/c1-11-15-28(5)25-40(8,9)33(41)20-18-29(6)47-37-31(36(44-10)30(7)32-26-46-38(43)35(32)37)19-16-27(4)17-21-34(42)45-24-14-23-39(13-3)22-12-2/h11,15-16H,1,6,12-14,17-26H2,2-5,7-10H3/q+1. The second-order valence-electron chi connectivity index (χ2n) is 12.8. The predicted octanol–water partition coefficient (Wildman–Crippen LogP) is 7.02.